The lowest BCUT2D eigenvalue weighted by molar-refractivity contribution is 0.602. The highest BCUT2D eigenvalue weighted by atomic mass is 32.2. The molecule has 2 heterocycles. The molecule has 24 heavy (non-hydrogen) atoms. The van der Waals surface area contributed by atoms with E-state index in [1.165, 1.54) is 17.4 Å². The number of hydrogen-bond donors (Lipinski definition) is 1. The summed E-state index contributed by atoms with van der Waals surface area (Å²) in [6.07, 6.45) is 1.72. The molecule has 6 nitrogen and oxygen atoms in total. The number of fused-ring (bicyclic) bond motifs is 1. The van der Waals surface area contributed by atoms with Crippen LogP contribution < -0.4 is 4.72 Å². The second-order valence-electron chi connectivity index (χ2n) is 4.91. The van der Waals surface area contributed by atoms with Crippen LogP contribution in [0, 0.1) is 0 Å². The molecule has 0 spiro atoms. The Kier molecular flexibility index (Phi) is 3.75. The summed E-state index contributed by atoms with van der Waals surface area (Å²) in [5, 5.41) is 2.71. The monoisotopic (exact) mass is 374 g/mol. The van der Waals surface area contributed by atoms with E-state index in [4.69, 9.17) is 0 Å². The van der Waals surface area contributed by atoms with Gasteiger partial charge >= 0.3 is 0 Å². The van der Waals surface area contributed by atoms with Gasteiger partial charge in [0, 0.05) is 22.8 Å². The number of nitrogens with zero attached hydrogens (tertiary/aromatic N) is 3. The Morgan fingerprint density at radius 2 is 1.92 bits per heavy atom. The predicted molar refractivity (Wildman–Crippen MR) is 95.8 cm³/mol. The molecule has 1 N–H and O–H groups in total. The van der Waals surface area contributed by atoms with Crippen molar-refractivity contribution in [1.82, 2.24) is 13.7 Å². The zero-order chi connectivity index (χ0) is 16.6. The van der Waals surface area contributed by atoms with Crippen LogP contribution in [0.1, 0.15) is 0 Å². The van der Waals surface area contributed by atoms with Crippen LogP contribution in [0.15, 0.2) is 58.9 Å². The quantitative estimate of drug-likeness (QED) is 0.590. The van der Waals surface area contributed by atoms with E-state index in [9.17, 15) is 8.42 Å². The highest BCUT2D eigenvalue weighted by Crippen LogP contribution is 2.27. The van der Waals surface area contributed by atoms with Crippen molar-refractivity contribution in [3.63, 3.8) is 0 Å². The van der Waals surface area contributed by atoms with Crippen LogP contribution in [0.4, 0.5) is 5.69 Å². The van der Waals surface area contributed by atoms with Crippen molar-refractivity contribution in [2.24, 2.45) is 0 Å². The third kappa shape index (κ3) is 2.77. The number of hydrogen-bond acceptors (Lipinski definition) is 7. The number of benzene rings is 2. The summed E-state index contributed by atoms with van der Waals surface area (Å²) in [5.41, 5.74) is 2.28. The van der Waals surface area contributed by atoms with Crippen LogP contribution in [0.3, 0.4) is 0 Å². The summed E-state index contributed by atoms with van der Waals surface area (Å²) >= 11 is 2.49. The van der Waals surface area contributed by atoms with Gasteiger partial charge in [0.05, 0.1) is 11.7 Å². The summed E-state index contributed by atoms with van der Waals surface area (Å²) in [5.74, 6) is 0. The zero-order valence-corrected chi connectivity index (χ0v) is 14.5. The van der Waals surface area contributed by atoms with Gasteiger partial charge in [-0.3, -0.25) is 4.72 Å². The number of anilines is 1. The minimum absolute atomic E-state index is 0.119. The van der Waals surface area contributed by atoms with E-state index in [2.05, 4.69) is 18.5 Å². The van der Waals surface area contributed by atoms with Crippen molar-refractivity contribution in [2.75, 3.05) is 4.72 Å². The summed E-state index contributed by atoms with van der Waals surface area (Å²) in [7, 11) is -3.76. The Balaban J connectivity index is 1.72. The molecule has 0 radical (unpaired) electrons. The molecule has 120 valence electrons. The summed E-state index contributed by atoms with van der Waals surface area (Å²) < 4.78 is 36.2. The molecule has 0 saturated heterocycles. The first kappa shape index (κ1) is 15.2. The molecule has 0 amide bonds. The van der Waals surface area contributed by atoms with Crippen LogP contribution in [0.25, 0.3) is 21.6 Å². The molecule has 0 aliphatic rings. The third-order valence-corrected chi connectivity index (χ3v) is 6.11. The standard InChI is InChI=1S/C15H10N4O2S3/c20-24(21,13-6-2-5-12-14(13)18-23-17-12)19-11-4-1-3-10(9-11)15-16-7-8-22-15/h1-9,19H. The second-order valence-corrected chi connectivity index (χ2v) is 7.99. The Bertz CT molecular complexity index is 1100. The van der Waals surface area contributed by atoms with Gasteiger partial charge in [0.25, 0.3) is 10.0 Å². The van der Waals surface area contributed by atoms with Gasteiger partial charge in [-0.1, -0.05) is 18.2 Å². The molecule has 0 bridgehead atoms. The van der Waals surface area contributed by atoms with Gasteiger partial charge in [-0.2, -0.15) is 8.75 Å². The Hall–Kier alpha value is -2.36. The first-order chi connectivity index (χ1) is 11.6. The fourth-order valence-corrected chi connectivity index (χ4v) is 4.74. The van der Waals surface area contributed by atoms with E-state index in [1.54, 1.807) is 36.5 Å². The summed E-state index contributed by atoms with van der Waals surface area (Å²) in [6, 6.07) is 12.1. The van der Waals surface area contributed by atoms with Gasteiger partial charge < -0.3 is 0 Å². The molecule has 0 fully saturated rings. The highest BCUT2D eigenvalue weighted by Gasteiger charge is 2.19. The third-order valence-electron chi connectivity index (χ3n) is 3.33. The van der Waals surface area contributed by atoms with E-state index < -0.39 is 10.0 Å². The lowest BCUT2D eigenvalue weighted by Gasteiger charge is -2.09. The molecule has 4 rings (SSSR count). The van der Waals surface area contributed by atoms with Crippen molar-refractivity contribution < 1.29 is 8.42 Å². The van der Waals surface area contributed by atoms with Crippen LogP contribution in [-0.2, 0) is 10.0 Å². The molecular formula is C15H10N4O2S3. The minimum atomic E-state index is -3.76. The second kappa shape index (κ2) is 5.93. The maximum absolute atomic E-state index is 12.7. The average molecular weight is 374 g/mol. The molecular weight excluding hydrogens is 364 g/mol. The highest BCUT2D eigenvalue weighted by molar-refractivity contribution is 7.93. The normalized spacial score (nSPS) is 11.7. The molecule has 9 heteroatoms. The number of aromatic nitrogens is 3. The first-order valence-corrected chi connectivity index (χ1v) is 9.97. The molecule has 0 aliphatic heterocycles. The van der Waals surface area contributed by atoms with E-state index >= 15 is 0 Å². The van der Waals surface area contributed by atoms with Gasteiger partial charge in [-0.05, 0) is 24.3 Å². The van der Waals surface area contributed by atoms with Crippen molar-refractivity contribution in [3.8, 4) is 10.6 Å². The van der Waals surface area contributed by atoms with Crippen molar-refractivity contribution in [3.05, 3.63) is 54.0 Å². The summed E-state index contributed by atoms with van der Waals surface area (Å²) in [6.45, 7) is 0. The maximum Gasteiger partial charge on any atom is 0.264 e. The molecule has 0 unspecified atom stereocenters. The van der Waals surface area contributed by atoms with Crippen molar-refractivity contribution >= 4 is 49.8 Å². The van der Waals surface area contributed by atoms with Crippen molar-refractivity contribution in [2.45, 2.75) is 4.90 Å². The van der Waals surface area contributed by atoms with Gasteiger partial charge in [0.1, 0.15) is 20.9 Å². The zero-order valence-electron chi connectivity index (χ0n) is 12.1. The lowest BCUT2D eigenvalue weighted by Crippen LogP contribution is -2.13. The van der Waals surface area contributed by atoms with Crippen molar-refractivity contribution in [1.29, 1.82) is 0 Å². The average Bonchev–Trinajstić information content (AvgIpc) is 3.25. The number of thiazole rings is 1. The number of sulfonamides is 1. The molecule has 2 aromatic carbocycles. The van der Waals surface area contributed by atoms with Crippen LogP contribution in [0.2, 0.25) is 0 Å². The SMILES string of the molecule is O=S(=O)(Nc1cccc(-c2nccs2)c1)c1cccc2nsnc12. The fourth-order valence-electron chi connectivity index (χ4n) is 2.29. The van der Waals surface area contributed by atoms with E-state index in [0.717, 1.165) is 22.3 Å². The molecule has 0 aliphatic carbocycles. The lowest BCUT2D eigenvalue weighted by atomic mass is 10.2. The minimum Gasteiger partial charge on any atom is -0.280 e. The fraction of sp³-hybridized carbons (Fsp3) is 0. The van der Waals surface area contributed by atoms with Crippen LogP contribution in [0.5, 0.6) is 0 Å². The van der Waals surface area contributed by atoms with E-state index in [-0.39, 0.29) is 4.90 Å². The van der Waals surface area contributed by atoms with Gasteiger partial charge in [0.2, 0.25) is 0 Å². The van der Waals surface area contributed by atoms with E-state index in [0.29, 0.717) is 16.7 Å². The molecule has 2 aromatic heterocycles. The van der Waals surface area contributed by atoms with Gasteiger partial charge in [0.15, 0.2) is 0 Å². The largest absolute Gasteiger partial charge is 0.280 e. The van der Waals surface area contributed by atoms with Crippen LogP contribution in [-0.4, -0.2) is 22.1 Å². The predicted octanol–water partition coefficient (Wildman–Crippen LogP) is 3.62. The molecule has 0 saturated carbocycles. The Morgan fingerprint density at radius 3 is 2.75 bits per heavy atom. The molecule has 0 atom stereocenters. The number of rotatable bonds is 4. The topological polar surface area (TPSA) is 84.8 Å². The summed E-state index contributed by atoms with van der Waals surface area (Å²) in [4.78, 5) is 4.36. The number of nitrogens with one attached hydrogen (secondary N) is 1. The van der Waals surface area contributed by atoms with Gasteiger partial charge in [-0.15, -0.1) is 11.3 Å². The van der Waals surface area contributed by atoms with Gasteiger partial charge in [-0.25, -0.2) is 13.4 Å². The first-order valence-electron chi connectivity index (χ1n) is 6.87. The molecule has 4 aromatic rings. The van der Waals surface area contributed by atoms with Crippen LogP contribution >= 0.6 is 23.1 Å². The maximum atomic E-state index is 12.7. The van der Waals surface area contributed by atoms with E-state index in [1.807, 2.05) is 11.4 Å². The smallest absolute Gasteiger partial charge is 0.264 e. The Labute approximate surface area is 146 Å². The Morgan fingerprint density at radius 1 is 1.04 bits per heavy atom.